The molecule has 1 heterocycles. The Morgan fingerprint density at radius 2 is 1.92 bits per heavy atom. The van der Waals surface area contributed by atoms with E-state index in [1.165, 1.54) is 11.1 Å². The number of nitrogens with zero attached hydrogens (tertiary/aromatic N) is 2. The Balaban J connectivity index is 1.63. The Morgan fingerprint density at radius 1 is 1.17 bits per heavy atom. The van der Waals surface area contributed by atoms with Crippen LogP contribution in [0.2, 0.25) is 0 Å². The van der Waals surface area contributed by atoms with Crippen molar-refractivity contribution >= 4 is 22.5 Å². The molecule has 0 fully saturated rings. The van der Waals surface area contributed by atoms with E-state index in [0.29, 0.717) is 18.9 Å². The molecule has 1 N–H and O–H groups in total. The molecule has 24 heavy (non-hydrogen) atoms. The molecule has 0 unspecified atom stereocenters. The first-order valence-electron chi connectivity index (χ1n) is 8.35. The van der Waals surface area contributed by atoms with E-state index in [-0.39, 0.29) is 5.91 Å². The highest BCUT2D eigenvalue weighted by atomic mass is 16.1. The number of hydrogen-bond donors (Lipinski definition) is 1. The average molecular weight is 321 g/mol. The second-order valence-corrected chi connectivity index (χ2v) is 6.46. The number of hydrogen-bond acceptors (Lipinski definition) is 2. The summed E-state index contributed by atoms with van der Waals surface area (Å²) in [6, 6.07) is 14.2. The van der Waals surface area contributed by atoms with E-state index in [1.54, 1.807) is 0 Å². The maximum absolute atomic E-state index is 12.2. The second kappa shape index (κ2) is 6.87. The molecule has 0 aliphatic carbocycles. The fourth-order valence-corrected chi connectivity index (χ4v) is 2.88. The van der Waals surface area contributed by atoms with E-state index in [1.807, 2.05) is 35.1 Å². The lowest BCUT2D eigenvalue weighted by Gasteiger charge is -2.09. The van der Waals surface area contributed by atoms with Gasteiger partial charge in [0.1, 0.15) is 0 Å². The minimum Gasteiger partial charge on any atom is -0.326 e. The first-order chi connectivity index (χ1) is 11.5. The van der Waals surface area contributed by atoms with Crippen LogP contribution in [0.1, 0.15) is 37.3 Å². The zero-order chi connectivity index (χ0) is 17.1. The number of carbonyl (C=O) groups is 1. The maximum atomic E-state index is 12.2. The van der Waals surface area contributed by atoms with Gasteiger partial charge in [-0.3, -0.25) is 9.48 Å². The fraction of sp³-hybridized carbons (Fsp3) is 0.300. The standard InChI is InChI=1S/C20H23N3O/c1-14(2)16-7-9-18(10-8-16)22-19(24)11-12-23-20-15(3)5-4-6-17(20)13-21-23/h4-10,13-14H,11-12H2,1-3H3,(H,22,24). The van der Waals surface area contributed by atoms with E-state index in [9.17, 15) is 4.79 Å². The minimum atomic E-state index is 0.00420. The normalized spacial score (nSPS) is 11.2. The number of benzene rings is 2. The number of amides is 1. The molecule has 0 aliphatic rings. The molecule has 2 aromatic carbocycles. The molecule has 4 nitrogen and oxygen atoms in total. The molecule has 0 aliphatic heterocycles. The monoisotopic (exact) mass is 321 g/mol. The molecular weight excluding hydrogens is 298 g/mol. The molecule has 124 valence electrons. The van der Waals surface area contributed by atoms with Gasteiger partial charge in [-0.05, 0) is 36.1 Å². The third-order valence-corrected chi connectivity index (χ3v) is 4.28. The Kier molecular flexibility index (Phi) is 4.65. The second-order valence-electron chi connectivity index (χ2n) is 6.46. The van der Waals surface area contributed by atoms with Crippen LogP contribution in [0.25, 0.3) is 10.9 Å². The zero-order valence-electron chi connectivity index (χ0n) is 14.4. The van der Waals surface area contributed by atoms with Crippen molar-refractivity contribution in [1.29, 1.82) is 0 Å². The van der Waals surface area contributed by atoms with Crippen molar-refractivity contribution in [2.24, 2.45) is 0 Å². The maximum Gasteiger partial charge on any atom is 0.226 e. The van der Waals surface area contributed by atoms with Crippen LogP contribution in [0.15, 0.2) is 48.7 Å². The number of fused-ring (bicyclic) bond motifs is 1. The predicted octanol–water partition coefficient (Wildman–Crippen LogP) is 4.50. The first kappa shape index (κ1) is 16.2. The van der Waals surface area contributed by atoms with Crippen LogP contribution in [0.5, 0.6) is 0 Å². The topological polar surface area (TPSA) is 46.9 Å². The molecule has 0 saturated carbocycles. The quantitative estimate of drug-likeness (QED) is 0.752. The number of rotatable bonds is 5. The average Bonchev–Trinajstić information content (AvgIpc) is 2.98. The number of carbonyl (C=O) groups excluding carboxylic acids is 1. The van der Waals surface area contributed by atoms with Crippen molar-refractivity contribution in [3.8, 4) is 0 Å². The van der Waals surface area contributed by atoms with Crippen LogP contribution in [-0.2, 0) is 11.3 Å². The van der Waals surface area contributed by atoms with Gasteiger partial charge in [-0.25, -0.2) is 0 Å². The van der Waals surface area contributed by atoms with Crippen molar-refractivity contribution in [3.05, 3.63) is 59.8 Å². The molecule has 3 rings (SSSR count). The number of anilines is 1. The highest BCUT2D eigenvalue weighted by Gasteiger charge is 2.08. The first-order valence-corrected chi connectivity index (χ1v) is 8.35. The molecule has 0 saturated heterocycles. The molecule has 0 bridgehead atoms. The van der Waals surface area contributed by atoms with Crippen molar-refractivity contribution in [2.45, 2.75) is 39.7 Å². The molecule has 0 spiro atoms. The Labute approximate surface area is 142 Å². The van der Waals surface area contributed by atoms with Crippen LogP contribution >= 0.6 is 0 Å². The molecule has 0 atom stereocenters. The molecule has 0 radical (unpaired) electrons. The summed E-state index contributed by atoms with van der Waals surface area (Å²) >= 11 is 0. The lowest BCUT2D eigenvalue weighted by atomic mass is 10.0. The molecular formula is C20H23N3O. The van der Waals surface area contributed by atoms with Gasteiger partial charge in [0.15, 0.2) is 0 Å². The van der Waals surface area contributed by atoms with Gasteiger partial charge in [-0.15, -0.1) is 0 Å². The van der Waals surface area contributed by atoms with Crippen molar-refractivity contribution < 1.29 is 4.79 Å². The summed E-state index contributed by atoms with van der Waals surface area (Å²) in [6.45, 7) is 6.95. The Morgan fingerprint density at radius 3 is 2.62 bits per heavy atom. The van der Waals surface area contributed by atoms with Crippen molar-refractivity contribution in [1.82, 2.24) is 9.78 Å². The van der Waals surface area contributed by atoms with E-state index in [2.05, 4.69) is 49.4 Å². The lowest BCUT2D eigenvalue weighted by Crippen LogP contribution is -2.15. The van der Waals surface area contributed by atoms with Gasteiger partial charge in [0, 0.05) is 17.5 Å². The smallest absolute Gasteiger partial charge is 0.226 e. The Hall–Kier alpha value is -2.62. The SMILES string of the molecule is Cc1cccc2cnn(CCC(=O)Nc3ccc(C(C)C)cc3)c12. The summed E-state index contributed by atoms with van der Waals surface area (Å²) in [5.41, 5.74) is 4.39. The van der Waals surface area contributed by atoms with Gasteiger partial charge in [0.2, 0.25) is 5.91 Å². The third-order valence-electron chi connectivity index (χ3n) is 4.28. The summed E-state index contributed by atoms with van der Waals surface area (Å²) in [6.07, 6.45) is 2.25. The van der Waals surface area contributed by atoms with Crippen molar-refractivity contribution in [3.63, 3.8) is 0 Å². The molecule has 4 heteroatoms. The van der Waals surface area contributed by atoms with Crippen LogP contribution in [0, 0.1) is 6.92 Å². The lowest BCUT2D eigenvalue weighted by molar-refractivity contribution is -0.116. The van der Waals surface area contributed by atoms with Crippen LogP contribution < -0.4 is 5.32 Å². The van der Waals surface area contributed by atoms with E-state index < -0.39 is 0 Å². The number of para-hydroxylation sites is 1. The molecule has 1 aromatic heterocycles. The largest absolute Gasteiger partial charge is 0.326 e. The van der Waals surface area contributed by atoms with Crippen LogP contribution in [0.4, 0.5) is 5.69 Å². The van der Waals surface area contributed by atoms with Gasteiger partial charge < -0.3 is 5.32 Å². The summed E-state index contributed by atoms with van der Waals surface area (Å²) in [7, 11) is 0. The van der Waals surface area contributed by atoms with Gasteiger partial charge in [0.05, 0.1) is 18.3 Å². The van der Waals surface area contributed by atoms with E-state index >= 15 is 0 Å². The summed E-state index contributed by atoms with van der Waals surface area (Å²) in [4.78, 5) is 12.2. The van der Waals surface area contributed by atoms with Crippen molar-refractivity contribution in [2.75, 3.05) is 5.32 Å². The summed E-state index contributed by atoms with van der Waals surface area (Å²) in [5, 5.41) is 8.47. The highest BCUT2D eigenvalue weighted by Crippen LogP contribution is 2.19. The summed E-state index contributed by atoms with van der Waals surface area (Å²) in [5.74, 6) is 0.496. The predicted molar refractivity (Wildman–Crippen MR) is 98.2 cm³/mol. The fourth-order valence-electron chi connectivity index (χ4n) is 2.88. The van der Waals surface area contributed by atoms with Gasteiger partial charge in [-0.2, -0.15) is 5.10 Å². The van der Waals surface area contributed by atoms with Crippen LogP contribution in [-0.4, -0.2) is 15.7 Å². The molecule has 1 amide bonds. The van der Waals surface area contributed by atoms with Gasteiger partial charge in [-0.1, -0.05) is 44.2 Å². The number of nitrogens with one attached hydrogen (secondary N) is 1. The number of aromatic nitrogens is 2. The van der Waals surface area contributed by atoms with Gasteiger partial charge in [0.25, 0.3) is 0 Å². The number of aryl methyl sites for hydroxylation is 2. The van der Waals surface area contributed by atoms with Gasteiger partial charge >= 0.3 is 0 Å². The summed E-state index contributed by atoms with van der Waals surface area (Å²) < 4.78 is 1.91. The molecule has 3 aromatic rings. The third kappa shape index (κ3) is 3.48. The zero-order valence-corrected chi connectivity index (χ0v) is 14.4. The van der Waals surface area contributed by atoms with Crippen LogP contribution in [0.3, 0.4) is 0 Å². The minimum absolute atomic E-state index is 0.00420. The van der Waals surface area contributed by atoms with E-state index in [4.69, 9.17) is 0 Å². The highest BCUT2D eigenvalue weighted by molar-refractivity contribution is 5.90. The Bertz CT molecular complexity index is 847. The van der Waals surface area contributed by atoms with E-state index in [0.717, 1.165) is 16.6 Å².